The Morgan fingerprint density at radius 2 is 2.45 bits per heavy atom. The average Bonchev–Trinajstić information content (AvgIpc) is 3.12. The van der Waals surface area contributed by atoms with E-state index in [1.165, 1.54) is 0 Å². The van der Waals surface area contributed by atoms with E-state index in [9.17, 15) is 14.7 Å². The summed E-state index contributed by atoms with van der Waals surface area (Å²) >= 11 is 1.59. The summed E-state index contributed by atoms with van der Waals surface area (Å²) in [5.41, 5.74) is -0.720. The predicted molar refractivity (Wildman–Crippen MR) is 71.1 cm³/mol. The minimum Gasteiger partial charge on any atom is -0.481 e. The summed E-state index contributed by atoms with van der Waals surface area (Å²) in [5, 5.41) is 11.3. The Hall–Kier alpha value is -1.66. The molecule has 4 rings (SSSR count). The monoisotopic (exact) mass is 291 g/mol. The van der Waals surface area contributed by atoms with Gasteiger partial charge in [0.1, 0.15) is 11.5 Å². The largest absolute Gasteiger partial charge is 0.481 e. The van der Waals surface area contributed by atoms with Crippen LogP contribution in [0.3, 0.4) is 0 Å². The standard InChI is InChI=1S/C14H13NO4S/c16-12-11-10(13(17)18)9-3-4-14(11,19-9)7-15(12)6-8-2-1-5-20-8/h1-5,9-11H,6-7H2,(H,17,18)/t9-,10-,11-,14-/m1/s1. The van der Waals surface area contributed by atoms with Gasteiger partial charge in [-0.2, -0.15) is 0 Å². The molecule has 0 unspecified atom stereocenters. The number of amides is 1. The molecule has 3 aliphatic rings. The lowest BCUT2D eigenvalue weighted by Gasteiger charge is -2.21. The lowest BCUT2D eigenvalue weighted by Crippen LogP contribution is -2.39. The molecule has 0 radical (unpaired) electrons. The Kier molecular flexibility index (Phi) is 2.38. The van der Waals surface area contributed by atoms with E-state index < -0.39 is 29.5 Å². The van der Waals surface area contributed by atoms with Gasteiger partial charge >= 0.3 is 5.97 Å². The van der Waals surface area contributed by atoms with Crippen molar-refractivity contribution in [3.8, 4) is 0 Å². The fraction of sp³-hybridized carbons (Fsp3) is 0.429. The van der Waals surface area contributed by atoms with Gasteiger partial charge in [0.05, 0.1) is 25.1 Å². The fourth-order valence-electron chi connectivity index (χ4n) is 3.58. The van der Waals surface area contributed by atoms with Gasteiger partial charge in [-0.15, -0.1) is 11.3 Å². The topological polar surface area (TPSA) is 66.8 Å². The molecule has 2 fully saturated rings. The lowest BCUT2D eigenvalue weighted by atomic mass is 9.77. The summed E-state index contributed by atoms with van der Waals surface area (Å²) in [7, 11) is 0. The number of aliphatic carboxylic acids is 1. The molecule has 0 aliphatic carbocycles. The van der Waals surface area contributed by atoms with Crippen LogP contribution in [0.25, 0.3) is 0 Å². The molecule has 3 aliphatic heterocycles. The third-order valence-corrected chi connectivity index (χ3v) is 5.25. The SMILES string of the molecule is O=C(O)[C@@H]1[C@H]2C=C[C@]3(CN(Cc4cccs4)C(=O)[C@@H]13)O2. The van der Waals surface area contributed by atoms with E-state index in [1.54, 1.807) is 22.3 Å². The van der Waals surface area contributed by atoms with Crippen LogP contribution in [0.15, 0.2) is 29.7 Å². The van der Waals surface area contributed by atoms with Gasteiger partial charge < -0.3 is 14.7 Å². The molecule has 6 heteroatoms. The fourth-order valence-corrected chi connectivity index (χ4v) is 4.30. The van der Waals surface area contributed by atoms with Crippen LogP contribution in [-0.4, -0.2) is 40.1 Å². The third kappa shape index (κ3) is 1.46. The minimum absolute atomic E-state index is 0.0994. The minimum atomic E-state index is -0.947. The summed E-state index contributed by atoms with van der Waals surface area (Å²) in [4.78, 5) is 26.8. The predicted octanol–water partition coefficient (Wildman–Crippen LogP) is 1.11. The molecule has 1 aromatic rings. The van der Waals surface area contributed by atoms with Crippen LogP contribution in [0.2, 0.25) is 0 Å². The molecule has 1 amide bonds. The van der Waals surface area contributed by atoms with Crippen LogP contribution < -0.4 is 0 Å². The normalized spacial score (nSPS) is 37.7. The van der Waals surface area contributed by atoms with Crippen molar-refractivity contribution >= 4 is 23.2 Å². The van der Waals surface area contributed by atoms with E-state index >= 15 is 0 Å². The molecule has 4 atom stereocenters. The quantitative estimate of drug-likeness (QED) is 0.847. The van der Waals surface area contributed by atoms with Crippen molar-refractivity contribution in [2.45, 2.75) is 18.2 Å². The molecular formula is C14H13NO4S. The number of thiophene rings is 1. The van der Waals surface area contributed by atoms with Crippen LogP contribution in [0.4, 0.5) is 0 Å². The molecule has 5 nitrogen and oxygen atoms in total. The first-order valence-corrected chi connectivity index (χ1v) is 7.40. The van der Waals surface area contributed by atoms with E-state index in [0.717, 1.165) is 4.88 Å². The van der Waals surface area contributed by atoms with Gasteiger partial charge in [0.25, 0.3) is 0 Å². The Morgan fingerprint density at radius 3 is 3.15 bits per heavy atom. The van der Waals surface area contributed by atoms with Gasteiger partial charge in [-0.05, 0) is 11.4 Å². The van der Waals surface area contributed by atoms with Gasteiger partial charge in [-0.25, -0.2) is 0 Å². The van der Waals surface area contributed by atoms with Gasteiger partial charge in [0.2, 0.25) is 5.91 Å². The molecule has 1 aromatic heterocycles. The van der Waals surface area contributed by atoms with Crippen LogP contribution in [0, 0.1) is 11.8 Å². The van der Waals surface area contributed by atoms with Crippen LogP contribution >= 0.6 is 11.3 Å². The number of carboxylic acids is 1. The Bertz CT molecular complexity index is 611. The maximum atomic E-state index is 12.6. The molecule has 0 aromatic carbocycles. The van der Waals surface area contributed by atoms with Crippen molar-refractivity contribution in [1.82, 2.24) is 4.90 Å². The van der Waals surface area contributed by atoms with Crippen molar-refractivity contribution in [2.24, 2.45) is 11.8 Å². The first kappa shape index (κ1) is 12.1. The maximum Gasteiger partial charge on any atom is 0.310 e. The second-order valence-electron chi connectivity index (χ2n) is 5.51. The van der Waals surface area contributed by atoms with Crippen molar-refractivity contribution in [3.63, 3.8) is 0 Å². The highest BCUT2D eigenvalue weighted by Crippen LogP contribution is 2.52. The summed E-state index contributed by atoms with van der Waals surface area (Å²) in [6.07, 6.45) is 3.22. The zero-order valence-electron chi connectivity index (χ0n) is 10.6. The van der Waals surface area contributed by atoms with E-state index in [4.69, 9.17) is 4.74 Å². The summed E-state index contributed by atoms with van der Waals surface area (Å²) in [6, 6.07) is 3.92. The van der Waals surface area contributed by atoms with Gasteiger partial charge in [0, 0.05) is 4.88 Å². The van der Waals surface area contributed by atoms with Crippen molar-refractivity contribution < 1.29 is 19.4 Å². The van der Waals surface area contributed by atoms with Gasteiger partial charge in [0.15, 0.2) is 0 Å². The highest BCUT2D eigenvalue weighted by atomic mass is 32.1. The Labute approximate surface area is 119 Å². The highest BCUT2D eigenvalue weighted by Gasteiger charge is 2.66. The van der Waals surface area contributed by atoms with Crippen LogP contribution in [0.1, 0.15) is 4.88 Å². The summed E-state index contributed by atoms with van der Waals surface area (Å²) in [6.45, 7) is 0.980. The average molecular weight is 291 g/mol. The number of carbonyl (C=O) groups excluding carboxylic acids is 1. The first-order chi connectivity index (χ1) is 9.61. The van der Waals surface area contributed by atoms with Gasteiger partial charge in [-0.3, -0.25) is 9.59 Å². The molecular weight excluding hydrogens is 278 g/mol. The zero-order valence-corrected chi connectivity index (χ0v) is 11.4. The molecule has 2 bridgehead atoms. The van der Waals surface area contributed by atoms with E-state index in [-0.39, 0.29) is 5.91 Å². The summed E-state index contributed by atoms with van der Waals surface area (Å²) < 4.78 is 5.83. The van der Waals surface area contributed by atoms with E-state index in [0.29, 0.717) is 13.1 Å². The Morgan fingerprint density at radius 1 is 1.60 bits per heavy atom. The number of likely N-dealkylation sites (tertiary alicyclic amines) is 1. The lowest BCUT2D eigenvalue weighted by molar-refractivity contribution is -0.148. The zero-order chi connectivity index (χ0) is 13.9. The highest BCUT2D eigenvalue weighted by molar-refractivity contribution is 7.09. The number of fused-ring (bicyclic) bond motifs is 1. The van der Waals surface area contributed by atoms with Crippen LogP contribution in [-0.2, 0) is 20.9 Å². The molecule has 20 heavy (non-hydrogen) atoms. The second kappa shape index (κ2) is 3.93. The molecule has 104 valence electrons. The Balaban J connectivity index is 1.65. The molecule has 2 saturated heterocycles. The first-order valence-electron chi connectivity index (χ1n) is 6.52. The van der Waals surface area contributed by atoms with Crippen molar-refractivity contribution in [2.75, 3.05) is 6.54 Å². The van der Waals surface area contributed by atoms with Crippen LogP contribution in [0.5, 0.6) is 0 Å². The number of hydrogen-bond acceptors (Lipinski definition) is 4. The van der Waals surface area contributed by atoms with Crippen molar-refractivity contribution in [1.29, 1.82) is 0 Å². The molecule has 1 N–H and O–H groups in total. The number of rotatable bonds is 3. The number of ether oxygens (including phenoxy) is 1. The second-order valence-corrected chi connectivity index (χ2v) is 6.54. The van der Waals surface area contributed by atoms with Gasteiger partial charge in [-0.1, -0.05) is 18.2 Å². The smallest absolute Gasteiger partial charge is 0.310 e. The summed E-state index contributed by atoms with van der Waals surface area (Å²) in [5.74, 6) is -2.37. The number of nitrogens with zero attached hydrogens (tertiary/aromatic N) is 1. The third-order valence-electron chi connectivity index (χ3n) is 4.39. The number of carbonyl (C=O) groups is 2. The molecule has 0 saturated carbocycles. The van der Waals surface area contributed by atoms with E-state index in [2.05, 4.69) is 0 Å². The number of hydrogen-bond donors (Lipinski definition) is 1. The van der Waals surface area contributed by atoms with Crippen molar-refractivity contribution in [3.05, 3.63) is 34.5 Å². The maximum absolute atomic E-state index is 12.6. The van der Waals surface area contributed by atoms with E-state index in [1.807, 2.05) is 23.6 Å². The molecule has 1 spiro atoms. The molecule has 4 heterocycles. The number of carboxylic acid groups (broad SMARTS) is 1.